The Bertz CT molecular complexity index is 256. The molecule has 0 aliphatic carbocycles. The first kappa shape index (κ1) is 12.5. The van der Waals surface area contributed by atoms with Crippen LogP contribution in [0.3, 0.4) is 0 Å². The Labute approximate surface area is 83.4 Å². The Morgan fingerprint density at radius 2 is 1.86 bits per heavy atom. The number of isocyanates is 2. The largest absolute Gasteiger partial charge is 0.237 e. The summed E-state index contributed by atoms with van der Waals surface area (Å²) < 4.78 is 0. The van der Waals surface area contributed by atoms with Crippen LogP contribution in [-0.4, -0.2) is 17.8 Å². The van der Waals surface area contributed by atoms with Crippen molar-refractivity contribution in [3.05, 3.63) is 12.7 Å². The van der Waals surface area contributed by atoms with Crippen molar-refractivity contribution in [3.63, 3.8) is 0 Å². The molecule has 0 bridgehead atoms. The van der Waals surface area contributed by atoms with E-state index in [4.69, 9.17) is 0 Å². The molecule has 0 fully saturated rings. The fraction of sp³-hybridized carbons (Fsp3) is 0.600. The fourth-order valence-electron chi connectivity index (χ4n) is 1.12. The normalized spacial score (nSPS) is 13.2. The topological polar surface area (TPSA) is 58.9 Å². The summed E-state index contributed by atoms with van der Waals surface area (Å²) >= 11 is 0. The van der Waals surface area contributed by atoms with Gasteiger partial charge in [-0.2, -0.15) is 9.98 Å². The van der Waals surface area contributed by atoms with Crippen molar-refractivity contribution < 1.29 is 9.59 Å². The van der Waals surface area contributed by atoms with Gasteiger partial charge >= 0.3 is 0 Å². The van der Waals surface area contributed by atoms with Crippen LogP contribution in [0.4, 0.5) is 0 Å². The lowest BCUT2D eigenvalue weighted by Gasteiger charge is -2.16. The number of aliphatic imine (C=N–C) groups is 2. The third-order valence-electron chi connectivity index (χ3n) is 1.95. The minimum absolute atomic E-state index is 0.495. The smallest absolute Gasteiger partial charge is 0.211 e. The van der Waals surface area contributed by atoms with Gasteiger partial charge in [0.05, 0.1) is 0 Å². The van der Waals surface area contributed by atoms with E-state index in [2.05, 4.69) is 23.5 Å². The zero-order chi connectivity index (χ0) is 10.9. The summed E-state index contributed by atoms with van der Waals surface area (Å²) in [6.07, 6.45) is 7.55. The summed E-state index contributed by atoms with van der Waals surface area (Å²) in [6.45, 7) is 5.56. The van der Waals surface area contributed by atoms with E-state index in [1.165, 1.54) is 18.2 Å². The summed E-state index contributed by atoms with van der Waals surface area (Å²) in [5, 5.41) is 0. The van der Waals surface area contributed by atoms with Crippen molar-refractivity contribution in [1.82, 2.24) is 0 Å². The zero-order valence-corrected chi connectivity index (χ0v) is 8.32. The number of hydrogen-bond donors (Lipinski definition) is 0. The number of hydrogen-bond acceptors (Lipinski definition) is 4. The third-order valence-corrected chi connectivity index (χ3v) is 1.95. The van der Waals surface area contributed by atoms with E-state index in [1.807, 2.05) is 0 Å². The van der Waals surface area contributed by atoms with E-state index in [0.29, 0.717) is 6.42 Å². The molecule has 0 spiro atoms. The molecule has 4 heteroatoms. The summed E-state index contributed by atoms with van der Waals surface area (Å²) in [6, 6.07) is 0. The van der Waals surface area contributed by atoms with Crippen molar-refractivity contribution in [1.29, 1.82) is 0 Å². The van der Waals surface area contributed by atoms with Gasteiger partial charge in [0.2, 0.25) is 12.2 Å². The Hall–Kier alpha value is -1.50. The van der Waals surface area contributed by atoms with Gasteiger partial charge in [-0.05, 0) is 18.9 Å². The molecule has 14 heavy (non-hydrogen) atoms. The van der Waals surface area contributed by atoms with Crippen LogP contribution in [0.5, 0.6) is 0 Å². The maximum absolute atomic E-state index is 10.2. The Kier molecular flexibility index (Phi) is 6.21. The van der Waals surface area contributed by atoms with Crippen LogP contribution >= 0.6 is 0 Å². The van der Waals surface area contributed by atoms with E-state index in [0.717, 1.165) is 19.3 Å². The van der Waals surface area contributed by atoms with Crippen LogP contribution in [-0.2, 0) is 9.59 Å². The molecule has 0 unspecified atom stereocenters. The molecule has 0 rings (SSSR count). The van der Waals surface area contributed by atoms with Crippen LogP contribution in [0.25, 0.3) is 0 Å². The Morgan fingerprint density at radius 3 is 2.21 bits per heavy atom. The van der Waals surface area contributed by atoms with Crippen molar-refractivity contribution in [2.24, 2.45) is 9.98 Å². The first-order valence-corrected chi connectivity index (χ1v) is 4.56. The Balaban J connectivity index is 4.57. The second kappa shape index (κ2) is 6.96. The summed E-state index contributed by atoms with van der Waals surface area (Å²) in [5.41, 5.74) is -1.14. The number of rotatable bonds is 7. The standard InChI is InChI=1S/C10H14N2O2/c1-3-5-6-7-10(4-2,11-8-13)12-9-14/h4H,2-3,5-7H2,1H3. The van der Waals surface area contributed by atoms with Gasteiger partial charge in [-0.3, -0.25) is 0 Å². The molecule has 0 atom stereocenters. The lowest BCUT2D eigenvalue weighted by atomic mass is 10.0. The van der Waals surface area contributed by atoms with E-state index in [9.17, 15) is 9.59 Å². The molecule has 0 saturated heterocycles. The number of nitrogens with zero attached hydrogens (tertiary/aromatic N) is 2. The minimum Gasteiger partial charge on any atom is -0.211 e. The first-order valence-electron chi connectivity index (χ1n) is 4.56. The van der Waals surface area contributed by atoms with E-state index in [1.54, 1.807) is 0 Å². The molecule has 0 amide bonds. The SMILES string of the molecule is C=CC(CCCCC)(N=C=O)N=C=O. The van der Waals surface area contributed by atoms with Gasteiger partial charge in [-0.15, -0.1) is 0 Å². The quantitative estimate of drug-likeness (QED) is 0.270. The maximum Gasteiger partial charge on any atom is 0.237 e. The molecule has 0 aromatic rings. The molecular formula is C10H14N2O2. The predicted octanol–water partition coefficient (Wildman–Crippen LogP) is 2.12. The fourth-order valence-corrected chi connectivity index (χ4v) is 1.12. The molecule has 0 N–H and O–H groups in total. The Morgan fingerprint density at radius 1 is 1.29 bits per heavy atom. The second-order valence-corrected chi connectivity index (χ2v) is 2.95. The highest BCUT2D eigenvalue weighted by molar-refractivity contribution is 5.40. The van der Waals surface area contributed by atoms with E-state index < -0.39 is 5.66 Å². The van der Waals surface area contributed by atoms with Gasteiger partial charge in [0.15, 0.2) is 5.66 Å². The lowest BCUT2D eigenvalue weighted by Crippen LogP contribution is -2.19. The highest BCUT2D eigenvalue weighted by atomic mass is 16.1. The molecular weight excluding hydrogens is 180 g/mol. The van der Waals surface area contributed by atoms with Crippen molar-refractivity contribution >= 4 is 12.2 Å². The van der Waals surface area contributed by atoms with Crippen molar-refractivity contribution in [2.45, 2.75) is 38.3 Å². The highest BCUT2D eigenvalue weighted by Gasteiger charge is 2.23. The first-order chi connectivity index (χ1) is 6.74. The van der Waals surface area contributed by atoms with Crippen LogP contribution in [0.2, 0.25) is 0 Å². The molecule has 4 nitrogen and oxygen atoms in total. The van der Waals surface area contributed by atoms with Crippen molar-refractivity contribution in [2.75, 3.05) is 0 Å². The maximum atomic E-state index is 10.2. The van der Waals surface area contributed by atoms with Crippen LogP contribution in [0.15, 0.2) is 22.6 Å². The van der Waals surface area contributed by atoms with Gasteiger partial charge in [-0.1, -0.05) is 26.3 Å². The van der Waals surface area contributed by atoms with Gasteiger partial charge in [0.1, 0.15) is 0 Å². The van der Waals surface area contributed by atoms with Crippen LogP contribution in [0, 0.1) is 0 Å². The van der Waals surface area contributed by atoms with Gasteiger partial charge in [-0.25, -0.2) is 9.59 Å². The molecule has 0 aliphatic rings. The molecule has 0 saturated carbocycles. The van der Waals surface area contributed by atoms with Crippen LogP contribution < -0.4 is 0 Å². The molecule has 76 valence electrons. The lowest BCUT2D eigenvalue weighted by molar-refractivity contribution is 0.464. The average Bonchev–Trinajstić information content (AvgIpc) is 2.19. The summed E-state index contributed by atoms with van der Waals surface area (Å²) in [4.78, 5) is 27.3. The highest BCUT2D eigenvalue weighted by Crippen LogP contribution is 2.21. The summed E-state index contributed by atoms with van der Waals surface area (Å²) in [5.74, 6) is 0. The molecule has 0 aliphatic heterocycles. The molecule has 0 radical (unpaired) electrons. The minimum atomic E-state index is -1.14. The second-order valence-electron chi connectivity index (χ2n) is 2.95. The number of carbonyl (C=O) groups excluding carboxylic acids is 2. The summed E-state index contributed by atoms with van der Waals surface area (Å²) in [7, 11) is 0. The number of unbranched alkanes of at least 4 members (excludes halogenated alkanes) is 2. The predicted molar refractivity (Wildman–Crippen MR) is 53.3 cm³/mol. The van der Waals surface area contributed by atoms with Gasteiger partial charge in [0.25, 0.3) is 0 Å². The van der Waals surface area contributed by atoms with E-state index >= 15 is 0 Å². The van der Waals surface area contributed by atoms with Crippen LogP contribution in [0.1, 0.15) is 32.6 Å². The molecule has 0 aromatic carbocycles. The van der Waals surface area contributed by atoms with Gasteiger partial charge < -0.3 is 0 Å². The van der Waals surface area contributed by atoms with Crippen molar-refractivity contribution in [3.8, 4) is 0 Å². The van der Waals surface area contributed by atoms with Gasteiger partial charge in [0, 0.05) is 0 Å². The van der Waals surface area contributed by atoms with E-state index in [-0.39, 0.29) is 0 Å². The zero-order valence-electron chi connectivity index (χ0n) is 8.32. The molecule has 0 heterocycles. The average molecular weight is 194 g/mol. The monoisotopic (exact) mass is 194 g/mol. The third kappa shape index (κ3) is 3.94. The molecule has 0 aromatic heterocycles.